The predicted molar refractivity (Wildman–Crippen MR) is 84.3 cm³/mol. The smallest absolute Gasteiger partial charge is 0.249 e. The van der Waals surface area contributed by atoms with E-state index in [1.165, 1.54) is 0 Å². The summed E-state index contributed by atoms with van der Waals surface area (Å²) < 4.78 is 0. The Hall–Kier alpha value is -0.710. The number of hydrogen-bond donors (Lipinski definition) is 2. The molecule has 1 aromatic rings. The third-order valence-corrected chi connectivity index (χ3v) is 4.49. The number of hydrogen-bond acceptors (Lipinski definition) is 3. The van der Waals surface area contributed by atoms with E-state index in [2.05, 4.69) is 5.32 Å². The molecule has 0 heterocycles. The van der Waals surface area contributed by atoms with E-state index in [-0.39, 0.29) is 11.4 Å². The van der Waals surface area contributed by atoms with E-state index in [0.717, 1.165) is 35.6 Å². The van der Waals surface area contributed by atoms with E-state index < -0.39 is 6.10 Å². The third-order valence-electron chi connectivity index (χ3n) is 3.60. The maximum absolute atomic E-state index is 12.0. The van der Waals surface area contributed by atoms with Gasteiger partial charge in [0.2, 0.25) is 5.91 Å². The van der Waals surface area contributed by atoms with Gasteiger partial charge < -0.3 is 10.4 Å². The summed E-state index contributed by atoms with van der Waals surface area (Å²) in [5, 5.41) is 13.5. The highest BCUT2D eigenvalue weighted by Crippen LogP contribution is 2.38. The lowest BCUT2D eigenvalue weighted by Gasteiger charge is -2.20. The first-order chi connectivity index (χ1) is 9.54. The van der Waals surface area contributed by atoms with Crippen LogP contribution in [0.3, 0.4) is 0 Å². The second kappa shape index (κ2) is 6.83. The van der Waals surface area contributed by atoms with Gasteiger partial charge in [0, 0.05) is 10.6 Å². The molecule has 2 N–H and O–H groups in total. The van der Waals surface area contributed by atoms with Gasteiger partial charge in [-0.25, -0.2) is 0 Å². The van der Waals surface area contributed by atoms with Gasteiger partial charge in [-0.3, -0.25) is 4.79 Å². The van der Waals surface area contributed by atoms with E-state index in [9.17, 15) is 9.90 Å². The molecule has 1 amide bonds. The van der Waals surface area contributed by atoms with Crippen LogP contribution in [0.25, 0.3) is 0 Å². The Morgan fingerprint density at radius 1 is 1.45 bits per heavy atom. The molecule has 20 heavy (non-hydrogen) atoms. The number of benzene rings is 1. The number of aliphatic hydroxyl groups excluding tert-OH is 1. The second-order valence-electron chi connectivity index (χ2n) is 5.37. The molecule has 0 unspecified atom stereocenters. The molecule has 5 heteroatoms. The highest BCUT2D eigenvalue weighted by atomic mass is 35.5. The van der Waals surface area contributed by atoms with Crippen LogP contribution >= 0.6 is 23.4 Å². The molecule has 0 bridgehead atoms. The van der Waals surface area contributed by atoms with Gasteiger partial charge in [-0.15, -0.1) is 0 Å². The summed E-state index contributed by atoms with van der Waals surface area (Å²) in [4.78, 5) is 12.0. The molecule has 0 saturated heterocycles. The van der Waals surface area contributed by atoms with E-state index >= 15 is 0 Å². The van der Waals surface area contributed by atoms with Crippen molar-refractivity contribution < 1.29 is 9.90 Å². The molecule has 110 valence electrons. The van der Waals surface area contributed by atoms with E-state index in [0.29, 0.717) is 6.42 Å². The van der Waals surface area contributed by atoms with Crippen LogP contribution < -0.4 is 5.32 Å². The fraction of sp³-hybridized carbons (Fsp3) is 0.533. The number of nitrogens with one attached hydrogen (secondary N) is 1. The monoisotopic (exact) mass is 313 g/mol. The molecule has 1 atom stereocenters. The summed E-state index contributed by atoms with van der Waals surface area (Å²) in [6.07, 6.45) is 4.31. The van der Waals surface area contributed by atoms with Crippen molar-refractivity contribution in [3.05, 3.63) is 34.9 Å². The highest BCUT2D eigenvalue weighted by molar-refractivity contribution is 7.98. The SMILES string of the molecule is CSCC[C@H](O)C(=O)NC1(Cc2ccc(Cl)cc2)CC1. The summed E-state index contributed by atoms with van der Waals surface area (Å²) in [6, 6.07) is 7.70. The van der Waals surface area contributed by atoms with Crippen LogP contribution in [0.5, 0.6) is 0 Å². The van der Waals surface area contributed by atoms with Gasteiger partial charge in [-0.2, -0.15) is 11.8 Å². The Balaban J connectivity index is 1.88. The van der Waals surface area contributed by atoms with Crippen molar-refractivity contribution in [1.29, 1.82) is 0 Å². The highest BCUT2D eigenvalue weighted by Gasteiger charge is 2.44. The van der Waals surface area contributed by atoms with Crippen LogP contribution in [0.2, 0.25) is 5.02 Å². The largest absolute Gasteiger partial charge is 0.383 e. The number of halogens is 1. The van der Waals surface area contributed by atoms with Gasteiger partial charge in [0.25, 0.3) is 0 Å². The van der Waals surface area contributed by atoms with Gasteiger partial charge in [0.15, 0.2) is 0 Å². The van der Waals surface area contributed by atoms with Crippen molar-refractivity contribution in [3.63, 3.8) is 0 Å². The van der Waals surface area contributed by atoms with Crippen molar-refractivity contribution in [2.75, 3.05) is 12.0 Å². The average molecular weight is 314 g/mol. The first kappa shape index (κ1) is 15.7. The van der Waals surface area contributed by atoms with Crippen LogP contribution in [-0.4, -0.2) is 34.7 Å². The molecule has 0 radical (unpaired) electrons. The lowest BCUT2D eigenvalue weighted by atomic mass is 10.0. The minimum atomic E-state index is -0.898. The topological polar surface area (TPSA) is 49.3 Å². The average Bonchev–Trinajstić information content (AvgIpc) is 3.18. The van der Waals surface area contributed by atoms with Crippen molar-refractivity contribution in [3.8, 4) is 0 Å². The van der Waals surface area contributed by atoms with Gasteiger partial charge in [-0.1, -0.05) is 23.7 Å². The standard InChI is InChI=1S/C15H20ClNO2S/c1-20-9-6-13(18)14(19)17-15(7-8-15)10-11-2-4-12(16)5-3-11/h2-5,13,18H,6-10H2,1H3,(H,17,19)/t13-/m0/s1. The normalized spacial score (nSPS) is 17.6. The molecule has 0 spiro atoms. The Bertz CT molecular complexity index is 459. The number of amides is 1. The van der Waals surface area contributed by atoms with Crippen LogP contribution in [-0.2, 0) is 11.2 Å². The summed E-state index contributed by atoms with van der Waals surface area (Å²) >= 11 is 7.50. The predicted octanol–water partition coefficient (Wildman–Crippen LogP) is 2.65. The molecular weight excluding hydrogens is 294 g/mol. The van der Waals surface area contributed by atoms with Gasteiger partial charge >= 0.3 is 0 Å². The summed E-state index contributed by atoms with van der Waals surface area (Å²) in [6.45, 7) is 0. The molecule has 0 aliphatic heterocycles. The van der Waals surface area contributed by atoms with Gasteiger partial charge in [-0.05, 0) is 55.4 Å². The van der Waals surface area contributed by atoms with Crippen LogP contribution in [0, 0.1) is 0 Å². The van der Waals surface area contributed by atoms with E-state index in [1.54, 1.807) is 11.8 Å². The maximum Gasteiger partial charge on any atom is 0.249 e. The number of thioether (sulfide) groups is 1. The fourth-order valence-electron chi connectivity index (χ4n) is 2.20. The zero-order chi connectivity index (χ0) is 14.6. The minimum Gasteiger partial charge on any atom is -0.383 e. The van der Waals surface area contributed by atoms with E-state index in [1.807, 2.05) is 30.5 Å². The van der Waals surface area contributed by atoms with Gasteiger partial charge in [0.1, 0.15) is 6.10 Å². The van der Waals surface area contributed by atoms with Crippen molar-refractivity contribution in [1.82, 2.24) is 5.32 Å². The minimum absolute atomic E-state index is 0.161. The molecular formula is C15H20ClNO2S. The molecule has 1 aliphatic rings. The number of aliphatic hydroxyl groups is 1. The molecule has 2 rings (SSSR count). The number of rotatable bonds is 7. The van der Waals surface area contributed by atoms with Crippen molar-refractivity contribution in [2.24, 2.45) is 0 Å². The van der Waals surface area contributed by atoms with Crippen molar-refractivity contribution in [2.45, 2.75) is 37.3 Å². The first-order valence-electron chi connectivity index (χ1n) is 6.78. The zero-order valence-corrected chi connectivity index (χ0v) is 13.1. The number of carbonyl (C=O) groups excluding carboxylic acids is 1. The molecule has 0 aromatic heterocycles. The lowest BCUT2D eigenvalue weighted by molar-refractivity contribution is -0.130. The quantitative estimate of drug-likeness (QED) is 0.813. The molecule has 1 saturated carbocycles. The second-order valence-corrected chi connectivity index (χ2v) is 6.79. The Morgan fingerprint density at radius 2 is 2.10 bits per heavy atom. The summed E-state index contributed by atoms with van der Waals surface area (Å²) in [5.41, 5.74) is 0.997. The van der Waals surface area contributed by atoms with Crippen molar-refractivity contribution >= 4 is 29.3 Å². The molecule has 1 aromatic carbocycles. The Labute approximate surface area is 129 Å². The maximum atomic E-state index is 12.0. The van der Waals surface area contributed by atoms with E-state index in [4.69, 9.17) is 11.6 Å². The van der Waals surface area contributed by atoms with Gasteiger partial charge in [0.05, 0.1) is 0 Å². The van der Waals surface area contributed by atoms with Crippen LogP contribution in [0.15, 0.2) is 24.3 Å². The molecule has 1 aliphatic carbocycles. The molecule has 1 fully saturated rings. The zero-order valence-electron chi connectivity index (χ0n) is 11.6. The summed E-state index contributed by atoms with van der Waals surface area (Å²) in [7, 11) is 0. The molecule has 3 nitrogen and oxygen atoms in total. The Kier molecular flexibility index (Phi) is 5.35. The third kappa shape index (κ3) is 4.40. The fourth-order valence-corrected chi connectivity index (χ4v) is 2.78. The summed E-state index contributed by atoms with van der Waals surface area (Å²) in [5.74, 6) is 0.546. The Morgan fingerprint density at radius 3 is 2.65 bits per heavy atom. The van der Waals surface area contributed by atoms with Crippen LogP contribution in [0.1, 0.15) is 24.8 Å². The van der Waals surface area contributed by atoms with Crippen LogP contribution in [0.4, 0.5) is 0 Å². The number of carbonyl (C=O) groups is 1. The first-order valence-corrected chi connectivity index (χ1v) is 8.55. The lowest BCUT2D eigenvalue weighted by Crippen LogP contribution is -2.44.